The van der Waals surface area contributed by atoms with Gasteiger partial charge >= 0.3 is 0 Å². The van der Waals surface area contributed by atoms with Gasteiger partial charge < -0.3 is 38.5 Å². The predicted octanol–water partition coefficient (Wildman–Crippen LogP) is -1.03. The molecule has 41 heavy (non-hydrogen) atoms. The standard InChI is InChI=1S/C28H39N9O4/c1-34-25(39)20(15-18-10-12-19(13-11-18)23(29)30)27(41)37(2)22(16-17-7-4-3-5-8-17)26(40)36-21(24(31)38)9-6-14-35-28(32)33/h3-5,7-8,10-13,20-22H,6,9,14-16H2,1-2H3,(H3,29,30)(H2,31,38)(H,34,39)(H,36,40)(H4,32,33,35)/t20?,21-,22-/m0/s1. The Morgan fingerprint density at radius 2 is 1.51 bits per heavy atom. The molecule has 4 amide bonds. The second-order valence-electron chi connectivity index (χ2n) is 9.55. The maximum Gasteiger partial charge on any atom is 0.243 e. The molecule has 0 aliphatic rings. The van der Waals surface area contributed by atoms with Gasteiger partial charge in [-0.25, -0.2) is 0 Å². The Kier molecular flexibility index (Phi) is 12.3. The highest BCUT2D eigenvalue weighted by atomic mass is 16.2. The summed E-state index contributed by atoms with van der Waals surface area (Å²) in [5.74, 6) is -3.79. The van der Waals surface area contributed by atoms with Crippen molar-refractivity contribution < 1.29 is 19.2 Å². The van der Waals surface area contributed by atoms with Gasteiger partial charge in [0.1, 0.15) is 23.8 Å². The molecular weight excluding hydrogens is 526 g/mol. The van der Waals surface area contributed by atoms with Crippen LogP contribution in [0.4, 0.5) is 0 Å². The van der Waals surface area contributed by atoms with E-state index in [1.165, 1.54) is 19.0 Å². The van der Waals surface area contributed by atoms with Gasteiger partial charge in [-0.1, -0.05) is 54.6 Å². The number of carbonyl (C=O) groups excluding carboxylic acids is 4. The van der Waals surface area contributed by atoms with E-state index in [-0.39, 0.29) is 37.6 Å². The third kappa shape index (κ3) is 9.95. The van der Waals surface area contributed by atoms with Crippen molar-refractivity contribution in [3.63, 3.8) is 0 Å². The fourth-order valence-corrected chi connectivity index (χ4v) is 4.22. The Bertz CT molecular complexity index is 1240. The van der Waals surface area contributed by atoms with Crippen molar-refractivity contribution in [3.8, 4) is 0 Å². The zero-order valence-corrected chi connectivity index (χ0v) is 23.3. The van der Waals surface area contributed by atoms with Crippen molar-refractivity contribution in [3.05, 3.63) is 71.3 Å². The summed E-state index contributed by atoms with van der Waals surface area (Å²) in [6, 6.07) is 13.6. The first-order valence-corrected chi connectivity index (χ1v) is 13.0. The number of hydrogen-bond donors (Lipinski definition) is 7. The van der Waals surface area contributed by atoms with E-state index in [1.54, 1.807) is 36.4 Å². The van der Waals surface area contributed by atoms with Gasteiger partial charge in [-0.15, -0.1) is 0 Å². The molecule has 13 heteroatoms. The van der Waals surface area contributed by atoms with Crippen LogP contribution in [-0.4, -0.2) is 73.0 Å². The Morgan fingerprint density at radius 3 is 2.05 bits per heavy atom. The molecule has 0 aromatic heterocycles. The molecule has 3 atom stereocenters. The van der Waals surface area contributed by atoms with Gasteiger partial charge in [-0.3, -0.25) is 29.6 Å². The first kappa shape index (κ1) is 32.3. The van der Waals surface area contributed by atoms with Crippen molar-refractivity contribution in [2.24, 2.45) is 33.8 Å². The summed E-state index contributed by atoms with van der Waals surface area (Å²) in [7, 11) is 2.87. The van der Waals surface area contributed by atoms with Crippen LogP contribution in [0, 0.1) is 11.3 Å². The highest BCUT2D eigenvalue weighted by Crippen LogP contribution is 2.17. The van der Waals surface area contributed by atoms with E-state index in [2.05, 4.69) is 15.6 Å². The molecule has 11 N–H and O–H groups in total. The number of rotatable bonds is 15. The van der Waals surface area contributed by atoms with Crippen LogP contribution in [0.2, 0.25) is 0 Å². The van der Waals surface area contributed by atoms with Crippen molar-refractivity contribution >= 4 is 35.4 Å². The van der Waals surface area contributed by atoms with Gasteiger partial charge in [-0.05, 0) is 30.4 Å². The number of primary amides is 1. The maximum atomic E-state index is 13.8. The van der Waals surface area contributed by atoms with E-state index in [9.17, 15) is 19.2 Å². The first-order valence-electron chi connectivity index (χ1n) is 13.0. The maximum absolute atomic E-state index is 13.8. The van der Waals surface area contributed by atoms with E-state index in [0.29, 0.717) is 17.5 Å². The lowest BCUT2D eigenvalue weighted by molar-refractivity contribution is -0.146. The summed E-state index contributed by atoms with van der Waals surface area (Å²) < 4.78 is 0. The highest BCUT2D eigenvalue weighted by Gasteiger charge is 2.36. The Labute approximate surface area is 239 Å². The first-order chi connectivity index (χ1) is 19.4. The summed E-state index contributed by atoms with van der Waals surface area (Å²) in [4.78, 5) is 57.4. The SMILES string of the molecule is CNC(=O)C(Cc1ccc(C(=N)N)cc1)C(=O)N(C)[C@@H](Cc1ccccc1)C(=O)N[C@@H](CCCN=C(N)N)C(N)=O. The van der Waals surface area contributed by atoms with Crippen molar-refractivity contribution in [1.82, 2.24) is 15.5 Å². The smallest absolute Gasteiger partial charge is 0.243 e. The van der Waals surface area contributed by atoms with E-state index in [0.717, 1.165) is 5.56 Å². The second-order valence-corrected chi connectivity index (χ2v) is 9.55. The monoisotopic (exact) mass is 565 g/mol. The molecule has 0 radical (unpaired) electrons. The molecule has 0 bridgehead atoms. The topological polar surface area (TPSA) is 236 Å². The fourth-order valence-electron chi connectivity index (χ4n) is 4.22. The van der Waals surface area contributed by atoms with E-state index in [1.807, 2.05) is 18.2 Å². The number of carbonyl (C=O) groups is 4. The summed E-state index contributed by atoms with van der Waals surface area (Å²) in [5.41, 5.74) is 23.7. The number of amides is 4. The summed E-state index contributed by atoms with van der Waals surface area (Å²) in [5, 5.41) is 12.7. The Balaban J connectivity index is 2.32. The van der Waals surface area contributed by atoms with Crippen LogP contribution in [-0.2, 0) is 32.0 Å². The number of benzene rings is 2. The number of guanidine groups is 1. The van der Waals surface area contributed by atoms with Crippen molar-refractivity contribution in [1.29, 1.82) is 5.41 Å². The molecule has 2 rings (SSSR count). The minimum absolute atomic E-state index is 0.0510. The molecule has 220 valence electrons. The number of aliphatic imine (C=N–C) groups is 1. The lowest BCUT2D eigenvalue weighted by Crippen LogP contribution is -2.56. The highest BCUT2D eigenvalue weighted by molar-refractivity contribution is 6.02. The van der Waals surface area contributed by atoms with Crippen LogP contribution in [0.5, 0.6) is 0 Å². The zero-order chi connectivity index (χ0) is 30.5. The third-order valence-corrected chi connectivity index (χ3v) is 6.56. The molecule has 0 fully saturated rings. The number of likely N-dealkylation sites (N-methyl/N-ethyl adjacent to an activating group) is 1. The number of nitrogens with zero attached hydrogens (tertiary/aromatic N) is 2. The third-order valence-electron chi connectivity index (χ3n) is 6.56. The lowest BCUT2D eigenvalue weighted by atomic mass is 9.94. The molecule has 0 saturated heterocycles. The van der Waals surface area contributed by atoms with Crippen molar-refractivity contribution in [2.75, 3.05) is 20.6 Å². The minimum Gasteiger partial charge on any atom is -0.384 e. The molecule has 0 aliphatic carbocycles. The van der Waals surface area contributed by atoms with Gasteiger partial charge in [-0.2, -0.15) is 0 Å². The van der Waals surface area contributed by atoms with Gasteiger partial charge in [0.15, 0.2) is 5.96 Å². The molecule has 2 aromatic rings. The summed E-state index contributed by atoms with van der Waals surface area (Å²) in [6.07, 6.45) is 0.743. The van der Waals surface area contributed by atoms with E-state index in [4.69, 9.17) is 28.3 Å². The molecule has 13 nitrogen and oxygen atoms in total. The Hall–Kier alpha value is -4.94. The second kappa shape index (κ2) is 15.6. The number of hydrogen-bond acceptors (Lipinski definition) is 6. The predicted molar refractivity (Wildman–Crippen MR) is 156 cm³/mol. The normalized spacial score (nSPS) is 12.7. The van der Waals surface area contributed by atoms with Crippen LogP contribution >= 0.6 is 0 Å². The summed E-state index contributed by atoms with van der Waals surface area (Å²) >= 11 is 0. The van der Waals surface area contributed by atoms with Crippen LogP contribution in [0.1, 0.15) is 29.5 Å². The van der Waals surface area contributed by atoms with Crippen LogP contribution in [0.3, 0.4) is 0 Å². The van der Waals surface area contributed by atoms with Gasteiger partial charge in [0.05, 0.1) is 0 Å². The molecule has 0 saturated carbocycles. The van der Waals surface area contributed by atoms with Crippen molar-refractivity contribution in [2.45, 2.75) is 37.8 Å². The number of nitrogen functional groups attached to an aromatic ring is 1. The van der Waals surface area contributed by atoms with Gasteiger partial charge in [0, 0.05) is 32.6 Å². The van der Waals surface area contributed by atoms with E-state index >= 15 is 0 Å². The molecule has 2 aromatic carbocycles. The molecule has 0 heterocycles. The number of nitrogens with one attached hydrogen (secondary N) is 3. The summed E-state index contributed by atoms with van der Waals surface area (Å²) in [6.45, 7) is 0.245. The van der Waals surface area contributed by atoms with E-state index < -0.39 is 41.6 Å². The largest absolute Gasteiger partial charge is 0.384 e. The average Bonchev–Trinajstić information content (AvgIpc) is 2.95. The molecule has 0 spiro atoms. The van der Waals surface area contributed by atoms with Crippen LogP contribution < -0.4 is 33.6 Å². The molecule has 1 unspecified atom stereocenters. The van der Waals surface area contributed by atoms with Gasteiger partial charge in [0.2, 0.25) is 23.6 Å². The number of nitrogens with two attached hydrogens (primary N) is 4. The quantitative estimate of drug-likeness (QED) is 0.0613. The molecular formula is C28H39N9O4. The van der Waals surface area contributed by atoms with Crippen LogP contribution in [0.15, 0.2) is 59.6 Å². The Morgan fingerprint density at radius 1 is 0.902 bits per heavy atom. The minimum atomic E-state index is -1.15. The average molecular weight is 566 g/mol. The number of amidine groups is 1. The molecule has 0 aliphatic heterocycles. The zero-order valence-electron chi connectivity index (χ0n) is 23.3. The lowest BCUT2D eigenvalue weighted by Gasteiger charge is -2.31. The fraction of sp³-hybridized carbons (Fsp3) is 0.357. The van der Waals surface area contributed by atoms with Gasteiger partial charge in [0.25, 0.3) is 0 Å². The van der Waals surface area contributed by atoms with Crippen LogP contribution in [0.25, 0.3) is 0 Å².